The van der Waals surface area contributed by atoms with Crippen LogP contribution in [0.4, 0.5) is 4.79 Å². The van der Waals surface area contributed by atoms with Gasteiger partial charge in [-0.3, -0.25) is 15.0 Å². The fourth-order valence-corrected chi connectivity index (χ4v) is 4.06. The maximum atomic E-state index is 13.6. The lowest BCUT2D eigenvalue weighted by atomic mass is 10.0. The molecule has 1 aliphatic rings. The number of ether oxygens (including phenoxy) is 1. The lowest BCUT2D eigenvalue weighted by Gasteiger charge is -2.30. The van der Waals surface area contributed by atoms with E-state index < -0.39 is 47.6 Å². The molecule has 0 saturated carbocycles. The van der Waals surface area contributed by atoms with Crippen molar-refractivity contribution in [1.82, 2.24) is 20.9 Å². The van der Waals surface area contributed by atoms with Crippen LogP contribution in [0.5, 0.6) is 0 Å². The summed E-state index contributed by atoms with van der Waals surface area (Å²) < 4.78 is 5.34. The van der Waals surface area contributed by atoms with Gasteiger partial charge in [0.25, 0.3) is 0 Å². The first kappa shape index (κ1) is 29.4. The van der Waals surface area contributed by atoms with Gasteiger partial charge in [-0.05, 0) is 52.0 Å². The predicted octanol–water partition coefficient (Wildman–Crippen LogP) is 0.946. The molecule has 3 atom stereocenters. The molecule has 0 aliphatic carbocycles. The van der Waals surface area contributed by atoms with Crippen molar-refractivity contribution in [3.05, 3.63) is 35.9 Å². The number of hydrogen-bond acceptors (Lipinski definition) is 6. The molecule has 2 rings (SSSR count). The molecular weight excluding hydrogens is 480 g/mol. The Labute approximate surface area is 216 Å². The minimum atomic E-state index is -1.19. The van der Waals surface area contributed by atoms with Crippen molar-refractivity contribution < 1.29 is 29.0 Å². The van der Waals surface area contributed by atoms with Crippen LogP contribution in [0.3, 0.4) is 0 Å². The second kappa shape index (κ2) is 13.5. The van der Waals surface area contributed by atoms with Gasteiger partial charge in [0.15, 0.2) is 5.96 Å². The number of aliphatic carboxylic acids is 1. The summed E-state index contributed by atoms with van der Waals surface area (Å²) in [6.07, 6.45) is 0.883. The molecule has 0 aromatic heterocycles. The Bertz CT molecular complexity index is 964. The molecule has 0 bridgehead atoms. The Balaban J connectivity index is 2.12. The number of carboxylic acids is 1. The molecule has 3 amide bonds. The van der Waals surface area contributed by atoms with Crippen molar-refractivity contribution in [3.8, 4) is 0 Å². The molecule has 1 aromatic rings. The highest BCUT2D eigenvalue weighted by molar-refractivity contribution is 5.93. The molecule has 0 radical (unpaired) electrons. The molecule has 7 N–H and O–H groups in total. The Hall–Kier alpha value is -3.83. The van der Waals surface area contributed by atoms with E-state index in [2.05, 4.69) is 16.0 Å². The molecule has 1 aliphatic heterocycles. The van der Waals surface area contributed by atoms with Gasteiger partial charge in [-0.15, -0.1) is 0 Å². The number of amides is 3. The highest BCUT2D eigenvalue weighted by atomic mass is 16.6. The van der Waals surface area contributed by atoms with Crippen LogP contribution in [0.15, 0.2) is 30.3 Å². The Morgan fingerprint density at radius 2 is 1.84 bits per heavy atom. The van der Waals surface area contributed by atoms with Crippen LogP contribution in [-0.4, -0.2) is 76.7 Å². The average molecular weight is 519 g/mol. The van der Waals surface area contributed by atoms with E-state index >= 15 is 0 Å². The van der Waals surface area contributed by atoms with Crippen LogP contribution in [0.2, 0.25) is 0 Å². The van der Waals surface area contributed by atoms with Crippen molar-refractivity contribution in [2.24, 2.45) is 5.73 Å². The van der Waals surface area contributed by atoms with Crippen molar-refractivity contribution in [1.29, 1.82) is 5.41 Å². The summed E-state index contributed by atoms with van der Waals surface area (Å²) in [4.78, 5) is 52.2. The first-order valence-corrected chi connectivity index (χ1v) is 12.3. The van der Waals surface area contributed by atoms with Gasteiger partial charge in [0.2, 0.25) is 11.8 Å². The third kappa shape index (κ3) is 9.98. The van der Waals surface area contributed by atoms with Crippen molar-refractivity contribution in [2.75, 3.05) is 13.1 Å². The van der Waals surface area contributed by atoms with Crippen molar-refractivity contribution >= 4 is 29.8 Å². The van der Waals surface area contributed by atoms with Crippen LogP contribution in [-0.2, 0) is 25.5 Å². The topological polar surface area (TPSA) is 187 Å². The predicted molar refractivity (Wildman–Crippen MR) is 137 cm³/mol. The summed E-state index contributed by atoms with van der Waals surface area (Å²) in [5, 5.41) is 24.5. The smallest absolute Gasteiger partial charge is 0.408 e. The zero-order chi connectivity index (χ0) is 27.6. The molecule has 0 spiro atoms. The maximum Gasteiger partial charge on any atom is 0.408 e. The van der Waals surface area contributed by atoms with Gasteiger partial charge >= 0.3 is 12.1 Å². The number of benzene rings is 1. The van der Waals surface area contributed by atoms with E-state index in [1.807, 2.05) is 30.3 Å². The fourth-order valence-electron chi connectivity index (χ4n) is 4.06. The SMILES string of the molecule is CC(C)(C)OC(=O)N[C@@H](Cc1ccccc1)C(=O)N1CCC[C@H]1C(=O)N[C@@H](CCCNC(=N)N)C(=O)O. The van der Waals surface area contributed by atoms with Gasteiger partial charge in [0.1, 0.15) is 23.7 Å². The molecule has 204 valence electrons. The molecule has 1 saturated heterocycles. The molecular formula is C25H38N6O6. The molecule has 37 heavy (non-hydrogen) atoms. The third-order valence-corrected chi connectivity index (χ3v) is 5.71. The summed E-state index contributed by atoms with van der Waals surface area (Å²) in [7, 11) is 0. The van der Waals surface area contributed by atoms with E-state index in [1.54, 1.807) is 20.8 Å². The first-order valence-electron chi connectivity index (χ1n) is 12.3. The van der Waals surface area contributed by atoms with Crippen molar-refractivity contribution in [3.63, 3.8) is 0 Å². The second-order valence-electron chi connectivity index (χ2n) is 9.96. The van der Waals surface area contributed by atoms with Crippen LogP contribution in [0.25, 0.3) is 0 Å². The minimum absolute atomic E-state index is 0.124. The number of carbonyl (C=O) groups is 4. The zero-order valence-corrected chi connectivity index (χ0v) is 21.6. The number of nitrogens with zero attached hydrogens (tertiary/aromatic N) is 1. The Morgan fingerprint density at radius 3 is 2.43 bits per heavy atom. The lowest BCUT2D eigenvalue weighted by Crippen LogP contribution is -2.56. The molecule has 12 nitrogen and oxygen atoms in total. The summed E-state index contributed by atoms with van der Waals surface area (Å²) in [6.45, 7) is 5.75. The van der Waals surface area contributed by atoms with Gasteiger partial charge < -0.3 is 36.4 Å². The number of nitrogens with two attached hydrogens (primary N) is 1. The van der Waals surface area contributed by atoms with Gasteiger partial charge in [0, 0.05) is 19.5 Å². The number of likely N-dealkylation sites (tertiary alicyclic amines) is 1. The van der Waals surface area contributed by atoms with Crippen LogP contribution < -0.4 is 21.7 Å². The van der Waals surface area contributed by atoms with Crippen LogP contribution in [0, 0.1) is 5.41 Å². The highest BCUT2D eigenvalue weighted by Gasteiger charge is 2.39. The number of nitrogens with one attached hydrogen (secondary N) is 4. The molecule has 1 heterocycles. The van der Waals surface area contributed by atoms with E-state index in [1.165, 1.54) is 4.90 Å². The average Bonchev–Trinajstić information content (AvgIpc) is 3.29. The van der Waals surface area contributed by atoms with E-state index in [9.17, 15) is 24.3 Å². The normalized spacial score (nSPS) is 16.8. The number of guanidine groups is 1. The van der Waals surface area contributed by atoms with E-state index in [-0.39, 0.29) is 18.8 Å². The number of alkyl carbamates (subject to hydrolysis) is 1. The number of hydrogen-bond donors (Lipinski definition) is 6. The first-order chi connectivity index (χ1) is 17.4. The standard InChI is InChI=1S/C25H38N6O6/c1-25(2,3)37-24(36)30-18(15-16-9-5-4-6-10-16)21(33)31-14-8-12-19(31)20(32)29-17(22(34)35)11-7-13-28-23(26)27/h4-6,9-10,17-19H,7-8,11-15H2,1-3H3,(H,29,32)(H,30,36)(H,34,35)(H4,26,27,28)/t17-,18-,19-/m0/s1. The quantitative estimate of drug-likeness (QED) is 0.142. The molecule has 1 fully saturated rings. The summed E-state index contributed by atoms with van der Waals surface area (Å²) in [5.74, 6) is -2.42. The zero-order valence-electron chi connectivity index (χ0n) is 21.6. The minimum Gasteiger partial charge on any atom is -0.480 e. The van der Waals surface area contributed by atoms with E-state index in [4.69, 9.17) is 15.9 Å². The lowest BCUT2D eigenvalue weighted by molar-refractivity contribution is -0.144. The highest BCUT2D eigenvalue weighted by Crippen LogP contribution is 2.20. The third-order valence-electron chi connectivity index (χ3n) is 5.71. The van der Waals surface area contributed by atoms with Crippen LogP contribution in [0.1, 0.15) is 52.0 Å². The molecule has 1 aromatic carbocycles. The summed E-state index contributed by atoms with van der Waals surface area (Å²) >= 11 is 0. The number of carbonyl (C=O) groups excluding carboxylic acids is 3. The van der Waals surface area contributed by atoms with Crippen molar-refractivity contribution in [2.45, 2.75) is 76.6 Å². The molecule has 0 unspecified atom stereocenters. The Kier molecular flexibility index (Phi) is 10.7. The van der Waals surface area contributed by atoms with Gasteiger partial charge in [-0.2, -0.15) is 0 Å². The maximum absolute atomic E-state index is 13.6. The number of rotatable bonds is 11. The fraction of sp³-hybridized carbons (Fsp3) is 0.560. The van der Waals surface area contributed by atoms with Gasteiger partial charge in [0.05, 0.1) is 0 Å². The largest absolute Gasteiger partial charge is 0.480 e. The summed E-state index contributed by atoms with van der Waals surface area (Å²) in [6, 6.07) is 6.19. The van der Waals surface area contributed by atoms with Crippen LogP contribution >= 0.6 is 0 Å². The molecule has 12 heteroatoms. The van der Waals surface area contributed by atoms with E-state index in [0.29, 0.717) is 32.4 Å². The van der Waals surface area contributed by atoms with Gasteiger partial charge in [-0.1, -0.05) is 30.3 Å². The van der Waals surface area contributed by atoms with E-state index in [0.717, 1.165) is 5.56 Å². The monoisotopic (exact) mass is 518 g/mol. The summed E-state index contributed by atoms with van der Waals surface area (Å²) in [5.41, 5.74) is 5.29. The Morgan fingerprint density at radius 1 is 1.16 bits per heavy atom. The second-order valence-corrected chi connectivity index (χ2v) is 9.96. The van der Waals surface area contributed by atoms with Gasteiger partial charge in [-0.25, -0.2) is 9.59 Å². The number of carboxylic acid groups (broad SMARTS) is 1.